The van der Waals surface area contributed by atoms with E-state index in [9.17, 15) is 4.79 Å². The van der Waals surface area contributed by atoms with E-state index < -0.39 is 0 Å². The highest BCUT2D eigenvalue weighted by atomic mass is 16.2. The fourth-order valence-electron chi connectivity index (χ4n) is 3.27. The van der Waals surface area contributed by atoms with Crippen LogP contribution in [-0.2, 0) is 4.79 Å². The Morgan fingerprint density at radius 2 is 1.95 bits per heavy atom. The summed E-state index contributed by atoms with van der Waals surface area (Å²) in [6.07, 6.45) is 5.96. The highest BCUT2D eigenvalue weighted by Gasteiger charge is 2.32. The van der Waals surface area contributed by atoms with Crippen LogP contribution in [-0.4, -0.2) is 54.0 Å². The minimum atomic E-state index is -0.317. The molecule has 0 radical (unpaired) electrons. The first kappa shape index (κ1) is 14.8. The lowest BCUT2D eigenvalue weighted by Crippen LogP contribution is -2.54. The molecule has 0 aromatic rings. The molecule has 0 spiro atoms. The first-order chi connectivity index (χ1) is 9.13. The fraction of sp³-hybridized carbons (Fsp3) is 0.933. The second-order valence-corrected chi connectivity index (χ2v) is 6.23. The molecule has 1 unspecified atom stereocenters. The number of carbonyl (C=O) groups is 1. The maximum absolute atomic E-state index is 12.4. The summed E-state index contributed by atoms with van der Waals surface area (Å²) in [7, 11) is 0. The van der Waals surface area contributed by atoms with Crippen LogP contribution >= 0.6 is 0 Å². The number of amides is 1. The zero-order valence-corrected chi connectivity index (χ0v) is 12.5. The molecule has 2 heterocycles. The third-order valence-corrected chi connectivity index (χ3v) is 4.91. The zero-order valence-electron chi connectivity index (χ0n) is 12.5. The van der Waals surface area contributed by atoms with Crippen molar-refractivity contribution in [3.63, 3.8) is 0 Å². The summed E-state index contributed by atoms with van der Waals surface area (Å²) in [6.45, 7) is 8.38. The third-order valence-electron chi connectivity index (χ3n) is 4.91. The molecule has 0 saturated carbocycles. The molecule has 4 nitrogen and oxygen atoms in total. The van der Waals surface area contributed by atoms with Gasteiger partial charge in [0.15, 0.2) is 0 Å². The quantitative estimate of drug-likeness (QED) is 0.838. The lowest BCUT2D eigenvalue weighted by molar-refractivity contribution is -0.135. The Labute approximate surface area is 117 Å². The van der Waals surface area contributed by atoms with Gasteiger partial charge in [-0.2, -0.15) is 0 Å². The minimum Gasteiger partial charge on any atom is -0.340 e. The number of nitrogens with zero attached hydrogens (tertiary/aromatic N) is 2. The van der Waals surface area contributed by atoms with Crippen molar-refractivity contribution in [2.24, 2.45) is 11.7 Å². The van der Waals surface area contributed by atoms with Crippen LogP contribution in [0.5, 0.6) is 0 Å². The topological polar surface area (TPSA) is 49.6 Å². The van der Waals surface area contributed by atoms with Crippen LogP contribution in [0, 0.1) is 5.92 Å². The molecule has 2 N–H and O–H groups in total. The molecule has 2 rings (SSSR count). The summed E-state index contributed by atoms with van der Waals surface area (Å²) >= 11 is 0. The van der Waals surface area contributed by atoms with Gasteiger partial charge in [-0.3, -0.25) is 9.69 Å². The fourth-order valence-corrected chi connectivity index (χ4v) is 3.27. The van der Waals surface area contributed by atoms with Crippen molar-refractivity contribution in [2.75, 3.05) is 26.2 Å². The molecular formula is C15H29N3O. The van der Waals surface area contributed by atoms with Crippen LogP contribution in [0.25, 0.3) is 0 Å². The van der Waals surface area contributed by atoms with Crippen molar-refractivity contribution in [2.45, 2.75) is 58.0 Å². The number of piperidine rings is 1. The minimum absolute atomic E-state index is 0.165. The molecule has 19 heavy (non-hydrogen) atoms. The van der Waals surface area contributed by atoms with Gasteiger partial charge in [0.05, 0.1) is 6.04 Å². The van der Waals surface area contributed by atoms with Crippen molar-refractivity contribution < 1.29 is 4.79 Å². The highest BCUT2D eigenvalue weighted by molar-refractivity contribution is 5.82. The first-order valence-electron chi connectivity index (χ1n) is 7.92. The largest absolute Gasteiger partial charge is 0.340 e. The summed E-state index contributed by atoms with van der Waals surface area (Å²) in [5.74, 6) is 0.443. The second kappa shape index (κ2) is 6.71. The van der Waals surface area contributed by atoms with Crippen molar-refractivity contribution in [1.29, 1.82) is 0 Å². The molecule has 2 aliphatic heterocycles. The summed E-state index contributed by atoms with van der Waals surface area (Å²) in [4.78, 5) is 17.0. The maximum atomic E-state index is 12.4. The number of nitrogens with two attached hydrogens (primary N) is 1. The van der Waals surface area contributed by atoms with Crippen LogP contribution in [0.1, 0.15) is 46.0 Å². The van der Waals surface area contributed by atoms with Gasteiger partial charge in [0.25, 0.3) is 0 Å². The van der Waals surface area contributed by atoms with E-state index in [0.717, 1.165) is 25.9 Å². The maximum Gasteiger partial charge on any atom is 0.239 e. The van der Waals surface area contributed by atoms with Crippen molar-refractivity contribution in [1.82, 2.24) is 9.80 Å². The highest BCUT2D eigenvalue weighted by Crippen LogP contribution is 2.21. The molecule has 3 atom stereocenters. The first-order valence-corrected chi connectivity index (χ1v) is 7.92. The average molecular weight is 267 g/mol. The van der Waals surface area contributed by atoms with Gasteiger partial charge in [0, 0.05) is 19.1 Å². The van der Waals surface area contributed by atoms with Crippen molar-refractivity contribution in [3.05, 3.63) is 0 Å². The zero-order chi connectivity index (χ0) is 13.8. The summed E-state index contributed by atoms with van der Waals surface area (Å²) in [6, 6.07) is 0.256. The van der Waals surface area contributed by atoms with Crippen LogP contribution in [0.2, 0.25) is 0 Å². The predicted molar refractivity (Wildman–Crippen MR) is 77.8 cm³/mol. The van der Waals surface area contributed by atoms with Crippen molar-refractivity contribution in [3.8, 4) is 0 Å². The number of likely N-dealkylation sites (tertiary alicyclic amines) is 2. The lowest BCUT2D eigenvalue weighted by atomic mass is 9.97. The molecule has 0 aliphatic carbocycles. The molecule has 2 saturated heterocycles. The molecule has 2 aliphatic rings. The van der Waals surface area contributed by atoms with E-state index in [1.54, 1.807) is 0 Å². The molecule has 0 bridgehead atoms. The molecule has 4 heteroatoms. The molecular weight excluding hydrogens is 238 g/mol. The van der Waals surface area contributed by atoms with E-state index in [1.165, 1.54) is 32.4 Å². The predicted octanol–water partition coefficient (Wildman–Crippen LogP) is 1.45. The van der Waals surface area contributed by atoms with E-state index >= 15 is 0 Å². The third kappa shape index (κ3) is 3.48. The Morgan fingerprint density at radius 3 is 2.58 bits per heavy atom. The monoisotopic (exact) mass is 267 g/mol. The van der Waals surface area contributed by atoms with Gasteiger partial charge in [-0.25, -0.2) is 0 Å². The van der Waals surface area contributed by atoms with E-state index in [0.29, 0.717) is 6.04 Å². The van der Waals surface area contributed by atoms with E-state index in [1.807, 2.05) is 4.90 Å². The van der Waals surface area contributed by atoms with Gasteiger partial charge in [0.2, 0.25) is 5.91 Å². The summed E-state index contributed by atoms with van der Waals surface area (Å²) in [5, 5.41) is 0. The molecule has 110 valence electrons. The molecule has 1 amide bonds. The van der Waals surface area contributed by atoms with Gasteiger partial charge < -0.3 is 10.6 Å². The normalized spacial score (nSPS) is 28.4. The molecule has 0 aromatic carbocycles. The van der Waals surface area contributed by atoms with Crippen molar-refractivity contribution >= 4 is 5.91 Å². The van der Waals surface area contributed by atoms with Crippen LogP contribution in [0.15, 0.2) is 0 Å². The van der Waals surface area contributed by atoms with E-state index in [-0.39, 0.29) is 17.9 Å². The Kier molecular flexibility index (Phi) is 5.22. The summed E-state index contributed by atoms with van der Waals surface area (Å²) < 4.78 is 0. The van der Waals surface area contributed by atoms with Gasteiger partial charge in [-0.15, -0.1) is 0 Å². The number of hydrogen-bond donors (Lipinski definition) is 1. The Hall–Kier alpha value is -0.610. The van der Waals surface area contributed by atoms with Gasteiger partial charge in [-0.1, -0.05) is 20.3 Å². The van der Waals surface area contributed by atoms with Crippen LogP contribution in [0.4, 0.5) is 0 Å². The lowest BCUT2D eigenvalue weighted by Gasteiger charge is -2.39. The number of hydrogen-bond acceptors (Lipinski definition) is 3. The standard InChI is InChI=1S/C15H29N3O/c1-3-12(2)14(16)15(19)18-10-6-7-13(11-18)17-8-4-5-9-17/h12-14H,3-11,16H2,1-2H3/t12-,13?,14-/m0/s1. The van der Waals surface area contributed by atoms with Gasteiger partial charge >= 0.3 is 0 Å². The van der Waals surface area contributed by atoms with E-state index in [4.69, 9.17) is 5.73 Å². The van der Waals surface area contributed by atoms with Crippen LogP contribution in [0.3, 0.4) is 0 Å². The van der Waals surface area contributed by atoms with Crippen LogP contribution < -0.4 is 5.73 Å². The van der Waals surface area contributed by atoms with Gasteiger partial charge in [0.1, 0.15) is 0 Å². The van der Waals surface area contributed by atoms with E-state index in [2.05, 4.69) is 18.7 Å². The smallest absolute Gasteiger partial charge is 0.239 e. The Bertz CT molecular complexity index is 302. The SMILES string of the molecule is CC[C@H](C)[C@H](N)C(=O)N1CCCC(N2CCCC2)C1. The van der Waals surface area contributed by atoms with Gasteiger partial charge in [-0.05, 0) is 44.7 Å². The molecule has 0 aromatic heterocycles. The average Bonchev–Trinajstić information content (AvgIpc) is 2.99. The Morgan fingerprint density at radius 1 is 1.26 bits per heavy atom. The molecule has 2 fully saturated rings. The second-order valence-electron chi connectivity index (χ2n) is 6.23. The Balaban J connectivity index is 1.91. The number of carbonyl (C=O) groups excluding carboxylic acids is 1. The number of rotatable bonds is 4. The summed E-state index contributed by atoms with van der Waals surface area (Å²) in [5.41, 5.74) is 6.10.